The summed E-state index contributed by atoms with van der Waals surface area (Å²) in [7, 11) is 0. The van der Waals surface area contributed by atoms with E-state index in [1.165, 1.54) is 12.0 Å². The van der Waals surface area contributed by atoms with Gasteiger partial charge in [0, 0.05) is 23.2 Å². The van der Waals surface area contributed by atoms with Crippen molar-refractivity contribution in [1.29, 1.82) is 0 Å². The smallest absolute Gasteiger partial charge is 0.320 e. The number of carbonyl (C=O) groups is 1. The minimum absolute atomic E-state index is 0.0338. The molecule has 22 heavy (non-hydrogen) atoms. The van der Waals surface area contributed by atoms with Gasteiger partial charge in [0.25, 0.3) is 0 Å². The van der Waals surface area contributed by atoms with Gasteiger partial charge >= 0.3 is 6.03 Å². The molecule has 0 spiro atoms. The topological polar surface area (TPSA) is 54.0 Å². The molecule has 4 nitrogen and oxygen atoms in total. The molecule has 114 valence electrons. The molecule has 1 heterocycles. The van der Waals surface area contributed by atoms with Crippen LogP contribution in [0.3, 0.4) is 0 Å². The first-order valence-corrected chi connectivity index (χ1v) is 7.78. The number of hydrogen-bond donors (Lipinski definition) is 2. The number of amides is 2. The molecule has 1 saturated carbocycles. The molecule has 1 aliphatic rings. The fourth-order valence-electron chi connectivity index (χ4n) is 2.82. The first kappa shape index (κ1) is 14.9. The Morgan fingerprint density at radius 1 is 1.18 bits per heavy atom. The maximum Gasteiger partial charge on any atom is 0.320 e. The largest absolute Gasteiger partial charge is 0.337 e. The molecule has 0 aliphatic heterocycles. The highest BCUT2D eigenvalue weighted by Crippen LogP contribution is 2.43. The van der Waals surface area contributed by atoms with Crippen molar-refractivity contribution in [1.82, 2.24) is 10.3 Å². The fourth-order valence-corrected chi connectivity index (χ4v) is 2.95. The van der Waals surface area contributed by atoms with Gasteiger partial charge in [0.05, 0.1) is 0 Å². The van der Waals surface area contributed by atoms with Crippen LogP contribution in [0.1, 0.15) is 24.8 Å². The number of anilines is 1. The quantitative estimate of drug-likeness (QED) is 0.896. The number of benzene rings is 1. The third-order valence-corrected chi connectivity index (χ3v) is 4.51. The Hall–Kier alpha value is -2.07. The van der Waals surface area contributed by atoms with Gasteiger partial charge in [-0.3, -0.25) is 5.32 Å². The predicted octanol–water partition coefficient (Wildman–Crippen LogP) is 3.98. The van der Waals surface area contributed by atoms with Gasteiger partial charge in [-0.1, -0.05) is 36.2 Å². The lowest BCUT2D eigenvalue weighted by Crippen LogP contribution is -2.46. The summed E-state index contributed by atoms with van der Waals surface area (Å²) in [5.41, 5.74) is 1.27. The summed E-state index contributed by atoms with van der Waals surface area (Å²) >= 11 is 5.95. The standard InChI is InChI=1S/C17H18ClN3O/c18-14-7-5-13(6-8-14)17(9-3-10-17)12-20-16(22)21-15-4-1-2-11-19-15/h1-2,4-8,11H,3,9-10,12H2,(H2,19,20,21,22). The Morgan fingerprint density at radius 2 is 1.95 bits per heavy atom. The summed E-state index contributed by atoms with van der Waals surface area (Å²) in [6.07, 6.45) is 5.00. The zero-order valence-corrected chi connectivity index (χ0v) is 12.9. The molecule has 0 unspecified atom stereocenters. The van der Waals surface area contributed by atoms with E-state index in [1.807, 2.05) is 24.3 Å². The Morgan fingerprint density at radius 3 is 2.55 bits per heavy atom. The second-order valence-corrected chi connectivity index (χ2v) is 6.10. The van der Waals surface area contributed by atoms with Crippen molar-refractivity contribution >= 4 is 23.4 Å². The van der Waals surface area contributed by atoms with Gasteiger partial charge in [-0.15, -0.1) is 0 Å². The summed E-state index contributed by atoms with van der Waals surface area (Å²) in [6.45, 7) is 0.618. The van der Waals surface area contributed by atoms with E-state index in [-0.39, 0.29) is 11.4 Å². The zero-order valence-electron chi connectivity index (χ0n) is 12.2. The lowest BCUT2D eigenvalue weighted by atomic mass is 9.64. The van der Waals surface area contributed by atoms with E-state index in [0.29, 0.717) is 12.4 Å². The van der Waals surface area contributed by atoms with Crippen LogP contribution in [0, 0.1) is 0 Å². The number of urea groups is 1. The van der Waals surface area contributed by atoms with Gasteiger partial charge in [0.2, 0.25) is 0 Å². The van der Waals surface area contributed by atoms with Gasteiger partial charge in [0.1, 0.15) is 5.82 Å². The van der Waals surface area contributed by atoms with E-state index in [4.69, 9.17) is 11.6 Å². The zero-order chi connectivity index (χ0) is 15.4. The minimum Gasteiger partial charge on any atom is -0.337 e. The Labute approximate surface area is 134 Å². The molecule has 1 fully saturated rings. The van der Waals surface area contributed by atoms with Crippen LogP contribution in [-0.4, -0.2) is 17.6 Å². The molecule has 2 N–H and O–H groups in total. The average molecular weight is 316 g/mol. The van der Waals surface area contributed by atoms with Gasteiger partial charge < -0.3 is 5.32 Å². The Bertz CT molecular complexity index is 639. The van der Waals surface area contributed by atoms with E-state index in [0.717, 1.165) is 17.9 Å². The summed E-state index contributed by atoms with van der Waals surface area (Å²) < 4.78 is 0. The fraction of sp³-hybridized carbons (Fsp3) is 0.294. The summed E-state index contributed by atoms with van der Waals surface area (Å²) in [5.74, 6) is 0.550. The van der Waals surface area contributed by atoms with Crippen LogP contribution in [0.5, 0.6) is 0 Å². The molecule has 1 aromatic heterocycles. The number of halogens is 1. The summed E-state index contributed by atoms with van der Waals surface area (Å²) in [4.78, 5) is 16.1. The molecule has 2 aromatic rings. The summed E-state index contributed by atoms with van der Waals surface area (Å²) in [6, 6.07) is 13.1. The van der Waals surface area contributed by atoms with Gasteiger partial charge in [0.15, 0.2) is 0 Å². The Balaban J connectivity index is 1.61. The second-order valence-electron chi connectivity index (χ2n) is 5.66. The number of carbonyl (C=O) groups excluding carboxylic acids is 1. The van der Waals surface area contributed by atoms with E-state index in [2.05, 4.69) is 27.8 Å². The van der Waals surface area contributed by atoms with Crippen molar-refractivity contribution in [2.24, 2.45) is 0 Å². The van der Waals surface area contributed by atoms with Gasteiger partial charge in [-0.05, 0) is 42.7 Å². The first-order chi connectivity index (χ1) is 10.7. The third-order valence-electron chi connectivity index (χ3n) is 4.26. The van der Waals surface area contributed by atoms with Crippen molar-refractivity contribution in [2.45, 2.75) is 24.7 Å². The molecule has 0 bridgehead atoms. The molecule has 0 saturated heterocycles. The molecule has 1 aliphatic carbocycles. The van der Waals surface area contributed by atoms with Crippen LogP contribution in [-0.2, 0) is 5.41 Å². The van der Waals surface area contributed by atoms with E-state index in [9.17, 15) is 4.79 Å². The molecular weight excluding hydrogens is 298 g/mol. The first-order valence-electron chi connectivity index (χ1n) is 7.40. The van der Waals surface area contributed by atoms with E-state index < -0.39 is 0 Å². The van der Waals surface area contributed by atoms with Crippen molar-refractivity contribution in [3.63, 3.8) is 0 Å². The van der Waals surface area contributed by atoms with E-state index in [1.54, 1.807) is 12.3 Å². The molecule has 2 amide bonds. The van der Waals surface area contributed by atoms with Crippen LogP contribution in [0.25, 0.3) is 0 Å². The van der Waals surface area contributed by atoms with Crippen molar-refractivity contribution < 1.29 is 4.79 Å². The van der Waals surface area contributed by atoms with E-state index >= 15 is 0 Å². The molecule has 1 aromatic carbocycles. The van der Waals surface area contributed by atoms with Crippen LogP contribution in [0.2, 0.25) is 5.02 Å². The van der Waals surface area contributed by atoms with Crippen molar-refractivity contribution in [3.8, 4) is 0 Å². The maximum absolute atomic E-state index is 12.0. The third kappa shape index (κ3) is 3.22. The lowest BCUT2D eigenvalue weighted by molar-refractivity contribution is 0.222. The molecule has 0 atom stereocenters. The van der Waals surface area contributed by atoms with Crippen LogP contribution >= 0.6 is 11.6 Å². The maximum atomic E-state index is 12.0. The normalized spacial score (nSPS) is 15.7. The second kappa shape index (κ2) is 6.36. The van der Waals surface area contributed by atoms with Crippen molar-refractivity contribution in [3.05, 3.63) is 59.2 Å². The predicted molar refractivity (Wildman–Crippen MR) is 88.2 cm³/mol. The van der Waals surface area contributed by atoms with Gasteiger partial charge in [-0.25, -0.2) is 9.78 Å². The SMILES string of the molecule is O=C(NCC1(c2ccc(Cl)cc2)CCC1)Nc1ccccn1. The molecular formula is C17H18ClN3O. The van der Waals surface area contributed by atoms with Gasteiger partial charge in [-0.2, -0.15) is 0 Å². The number of nitrogens with one attached hydrogen (secondary N) is 2. The Kier molecular flexibility index (Phi) is 4.29. The average Bonchev–Trinajstić information content (AvgIpc) is 2.49. The monoisotopic (exact) mass is 315 g/mol. The van der Waals surface area contributed by atoms with Crippen molar-refractivity contribution in [2.75, 3.05) is 11.9 Å². The lowest BCUT2D eigenvalue weighted by Gasteiger charge is -2.42. The summed E-state index contributed by atoms with van der Waals surface area (Å²) in [5, 5.41) is 6.44. The number of aromatic nitrogens is 1. The highest BCUT2D eigenvalue weighted by atomic mass is 35.5. The number of rotatable bonds is 4. The number of pyridine rings is 1. The number of nitrogens with zero attached hydrogens (tertiary/aromatic N) is 1. The van der Waals surface area contributed by atoms with Crippen LogP contribution in [0.15, 0.2) is 48.7 Å². The molecule has 0 radical (unpaired) electrons. The highest BCUT2D eigenvalue weighted by molar-refractivity contribution is 6.30. The molecule has 3 rings (SSSR count). The minimum atomic E-state index is -0.223. The van der Waals surface area contributed by atoms with Crippen LogP contribution in [0.4, 0.5) is 10.6 Å². The highest BCUT2D eigenvalue weighted by Gasteiger charge is 2.38. The number of hydrogen-bond acceptors (Lipinski definition) is 2. The molecule has 5 heteroatoms. The van der Waals surface area contributed by atoms with Crippen LogP contribution < -0.4 is 10.6 Å².